The molecule has 2 rings (SSSR count). The summed E-state index contributed by atoms with van der Waals surface area (Å²) in [6.07, 6.45) is 0. The number of hydrogen-bond donors (Lipinski definition) is 1. The average molecular weight is 284 g/mol. The minimum absolute atomic E-state index is 0.376. The van der Waals surface area contributed by atoms with Crippen molar-refractivity contribution in [2.75, 3.05) is 24.3 Å². The van der Waals surface area contributed by atoms with E-state index in [1.54, 1.807) is 12.1 Å². The normalized spacial score (nSPS) is 10.2. The van der Waals surface area contributed by atoms with Gasteiger partial charge >= 0.3 is 5.97 Å². The molecule has 4 heteroatoms. The molecule has 0 atom stereocenters. The van der Waals surface area contributed by atoms with Crippen molar-refractivity contribution >= 4 is 17.3 Å². The van der Waals surface area contributed by atoms with Crippen LogP contribution in [-0.4, -0.2) is 19.6 Å². The lowest BCUT2D eigenvalue weighted by atomic mass is 10.1. The molecule has 0 saturated heterocycles. The Morgan fingerprint density at radius 1 is 1.19 bits per heavy atom. The number of esters is 1. The minimum atomic E-state index is -0.376. The Bertz CT molecular complexity index is 611. The van der Waals surface area contributed by atoms with Gasteiger partial charge < -0.3 is 15.4 Å². The predicted molar refractivity (Wildman–Crippen MR) is 85.4 cm³/mol. The van der Waals surface area contributed by atoms with E-state index in [9.17, 15) is 4.79 Å². The van der Waals surface area contributed by atoms with Crippen molar-refractivity contribution in [1.29, 1.82) is 0 Å². The lowest BCUT2D eigenvalue weighted by molar-refractivity contribution is 0.0601. The molecule has 0 aliphatic carbocycles. The van der Waals surface area contributed by atoms with E-state index in [2.05, 4.69) is 24.0 Å². The Kier molecular flexibility index (Phi) is 4.82. The van der Waals surface area contributed by atoms with Crippen LogP contribution in [0.4, 0.5) is 11.4 Å². The van der Waals surface area contributed by atoms with Gasteiger partial charge in [0.05, 0.1) is 24.0 Å². The zero-order valence-electron chi connectivity index (χ0n) is 12.4. The van der Waals surface area contributed by atoms with Gasteiger partial charge in [0.1, 0.15) is 0 Å². The summed E-state index contributed by atoms with van der Waals surface area (Å²) in [4.78, 5) is 13.7. The van der Waals surface area contributed by atoms with Crippen LogP contribution in [0.3, 0.4) is 0 Å². The van der Waals surface area contributed by atoms with E-state index in [-0.39, 0.29) is 5.97 Å². The first-order valence-electron chi connectivity index (χ1n) is 6.92. The number of nitrogen functional groups attached to an aromatic ring is 1. The number of ether oxygens (including phenoxy) is 1. The molecule has 0 radical (unpaired) electrons. The van der Waals surface area contributed by atoms with Crippen molar-refractivity contribution in [2.24, 2.45) is 0 Å². The first kappa shape index (κ1) is 14.9. The van der Waals surface area contributed by atoms with Gasteiger partial charge in [-0.2, -0.15) is 0 Å². The Balaban J connectivity index is 2.24. The zero-order chi connectivity index (χ0) is 15.2. The molecule has 21 heavy (non-hydrogen) atoms. The molecule has 0 amide bonds. The van der Waals surface area contributed by atoms with Gasteiger partial charge in [0.25, 0.3) is 0 Å². The maximum atomic E-state index is 11.5. The molecule has 0 fully saturated rings. The third kappa shape index (κ3) is 3.54. The summed E-state index contributed by atoms with van der Waals surface area (Å²) in [5.74, 6) is -0.376. The Hall–Kier alpha value is -2.49. The van der Waals surface area contributed by atoms with Crippen LogP contribution < -0.4 is 10.6 Å². The highest BCUT2D eigenvalue weighted by Gasteiger charge is 2.12. The fourth-order valence-electron chi connectivity index (χ4n) is 2.26. The highest BCUT2D eigenvalue weighted by Crippen LogP contribution is 2.26. The monoisotopic (exact) mass is 284 g/mol. The lowest BCUT2D eigenvalue weighted by Gasteiger charge is -2.25. The van der Waals surface area contributed by atoms with E-state index in [4.69, 9.17) is 10.5 Å². The summed E-state index contributed by atoms with van der Waals surface area (Å²) in [6, 6.07) is 15.5. The third-order valence-electron chi connectivity index (χ3n) is 3.39. The van der Waals surface area contributed by atoms with Crippen LogP contribution in [0, 0.1) is 0 Å². The van der Waals surface area contributed by atoms with Gasteiger partial charge in [0.2, 0.25) is 0 Å². The number of anilines is 2. The maximum absolute atomic E-state index is 11.5. The first-order valence-corrected chi connectivity index (χ1v) is 6.92. The molecule has 0 unspecified atom stereocenters. The molecule has 2 N–H and O–H groups in total. The molecule has 0 saturated carbocycles. The molecule has 0 bridgehead atoms. The van der Waals surface area contributed by atoms with Crippen molar-refractivity contribution in [3.8, 4) is 0 Å². The second kappa shape index (κ2) is 6.79. The summed E-state index contributed by atoms with van der Waals surface area (Å²) in [5, 5.41) is 0. The number of carbonyl (C=O) groups is 1. The minimum Gasteiger partial charge on any atom is -0.465 e. The largest absolute Gasteiger partial charge is 0.465 e. The number of rotatable bonds is 5. The molecule has 2 aromatic rings. The molecule has 0 aliphatic heterocycles. The third-order valence-corrected chi connectivity index (χ3v) is 3.39. The van der Waals surface area contributed by atoms with Crippen LogP contribution in [0.1, 0.15) is 22.8 Å². The van der Waals surface area contributed by atoms with E-state index in [0.717, 1.165) is 18.8 Å². The summed E-state index contributed by atoms with van der Waals surface area (Å²) in [5.41, 5.74) is 9.28. The maximum Gasteiger partial charge on any atom is 0.337 e. The fourth-order valence-corrected chi connectivity index (χ4v) is 2.26. The second-order valence-electron chi connectivity index (χ2n) is 4.76. The van der Waals surface area contributed by atoms with E-state index in [1.165, 1.54) is 12.7 Å². The standard InChI is InChI=1S/C17H20N2O2/c1-3-19(12-13-7-5-4-6-8-13)16-10-9-14(11-15(16)18)17(20)21-2/h4-11H,3,12,18H2,1-2H3. The van der Waals surface area contributed by atoms with E-state index < -0.39 is 0 Å². The van der Waals surface area contributed by atoms with Gasteiger partial charge in [0, 0.05) is 13.1 Å². The van der Waals surface area contributed by atoms with Crippen molar-refractivity contribution in [3.63, 3.8) is 0 Å². The van der Waals surface area contributed by atoms with Gasteiger partial charge in [-0.25, -0.2) is 4.79 Å². The van der Waals surface area contributed by atoms with Crippen molar-refractivity contribution < 1.29 is 9.53 Å². The van der Waals surface area contributed by atoms with Crippen molar-refractivity contribution in [1.82, 2.24) is 0 Å². The Morgan fingerprint density at radius 2 is 1.90 bits per heavy atom. The van der Waals surface area contributed by atoms with Gasteiger partial charge in [-0.15, -0.1) is 0 Å². The number of nitrogens with two attached hydrogens (primary N) is 1. The van der Waals surface area contributed by atoms with Crippen LogP contribution in [0.15, 0.2) is 48.5 Å². The van der Waals surface area contributed by atoms with Crippen molar-refractivity contribution in [2.45, 2.75) is 13.5 Å². The fraction of sp³-hybridized carbons (Fsp3) is 0.235. The molecule has 0 aliphatic rings. The summed E-state index contributed by atoms with van der Waals surface area (Å²) < 4.78 is 4.71. The molecule has 4 nitrogen and oxygen atoms in total. The molecule has 0 heterocycles. The van der Waals surface area contributed by atoms with Gasteiger partial charge in [-0.1, -0.05) is 30.3 Å². The average Bonchev–Trinajstić information content (AvgIpc) is 2.53. The second-order valence-corrected chi connectivity index (χ2v) is 4.76. The molecule has 0 aromatic heterocycles. The summed E-state index contributed by atoms with van der Waals surface area (Å²) in [6.45, 7) is 3.69. The summed E-state index contributed by atoms with van der Waals surface area (Å²) in [7, 11) is 1.36. The smallest absolute Gasteiger partial charge is 0.337 e. The SMILES string of the molecule is CCN(Cc1ccccc1)c1ccc(C(=O)OC)cc1N. The molecular weight excluding hydrogens is 264 g/mol. The highest BCUT2D eigenvalue weighted by atomic mass is 16.5. The lowest BCUT2D eigenvalue weighted by Crippen LogP contribution is -2.23. The zero-order valence-corrected chi connectivity index (χ0v) is 12.4. The predicted octanol–water partition coefficient (Wildman–Crippen LogP) is 3.08. The van der Waals surface area contributed by atoms with Gasteiger partial charge in [-0.3, -0.25) is 0 Å². The van der Waals surface area contributed by atoms with Crippen LogP contribution in [0.5, 0.6) is 0 Å². The Morgan fingerprint density at radius 3 is 2.48 bits per heavy atom. The molecular formula is C17H20N2O2. The van der Waals surface area contributed by atoms with Gasteiger partial charge in [-0.05, 0) is 30.7 Å². The van der Waals surface area contributed by atoms with Crippen LogP contribution >= 0.6 is 0 Å². The number of carbonyl (C=O) groups excluding carboxylic acids is 1. The van der Waals surface area contributed by atoms with Gasteiger partial charge in [0.15, 0.2) is 0 Å². The number of hydrogen-bond acceptors (Lipinski definition) is 4. The number of nitrogens with zero attached hydrogens (tertiary/aromatic N) is 1. The van der Waals surface area contributed by atoms with E-state index in [0.29, 0.717) is 11.3 Å². The van der Waals surface area contributed by atoms with Crippen LogP contribution in [0.25, 0.3) is 0 Å². The molecule has 110 valence electrons. The quantitative estimate of drug-likeness (QED) is 0.677. The highest BCUT2D eigenvalue weighted by molar-refractivity contribution is 5.91. The first-order chi connectivity index (χ1) is 10.2. The molecule has 0 spiro atoms. The molecule has 2 aromatic carbocycles. The summed E-state index contributed by atoms with van der Waals surface area (Å²) >= 11 is 0. The topological polar surface area (TPSA) is 55.6 Å². The van der Waals surface area contributed by atoms with E-state index >= 15 is 0 Å². The number of benzene rings is 2. The van der Waals surface area contributed by atoms with E-state index in [1.807, 2.05) is 24.3 Å². The Labute approximate surface area is 125 Å². The number of methoxy groups -OCH3 is 1. The van der Waals surface area contributed by atoms with Crippen LogP contribution in [-0.2, 0) is 11.3 Å². The van der Waals surface area contributed by atoms with Crippen molar-refractivity contribution in [3.05, 3.63) is 59.7 Å². The van der Waals surface area contributed by atoms with Crippen LogP contribution in [0.2, 0.25) is 0 Å².